The van der Waals surface area contributed by atoms with E-state index in [1.165, 1.54) is 24.1 Å². The molecule has 25 heavy (non-hydrogen) atoms. The largest absolute Gasteiger partial charge is 0.348 e. The average Bonchev–Trinajstić information content (AvgIpc) is 3.12. The Morgan fingerprint density at radius 2 is 2.20 bits per heavy atom. The number of aromatic amines is 1. The van der Waals surface area contributed by atoms with Crippen LogP contribution in [0, 0.1) is 5.92 Å². The quantitative estimate of drug-likeness (QED) is 0.644. The Hall–Kier alpha value is -1.72. The zero-order valence-corrected chi connectivity index (χ0v) is 15.4. The smallest absolute Gasteiger partial charge is 0.110 e. The van der Waals surface area contributed by atoms with E-state index in [1.54, 1.807) is 0 Å². The molecular formula is C20H31N5. The van der Waals surface area contributed by atoms with Gasteiger partial charge in [-0.25, -0.2) is 4.98 Å². The highest BCUT2D eigenvalue weighted by Gasteiger charge is 2.25. The third-order valence-electron chi connectivity index (χ3n) is 5.31. The lowest BCUT2D eigenvalue weighted by atomic mass is 9.86. The first-order valence-corrected chi connectivity index (χ1v) is 9.59. The minimum Gasteiger partial charge on any atom is -0.348 e. The molecule has 1 aliphatic carbocycles. The summed E-state index contributed by atoms with van der Waals surface area (Å²) in [5.74, 6) is 1.77. The van der Waals surface area contributed by atoms with Gasteiger partial charge in [0.2, 0.25) is 0 Å². The first-order chi connectivity index (χ1) is 12.2. The molecule has 2 aromatic heterocycles. The van der Waals surface area contributed by atoms with Gasteiger partial charge in [-0.15, -0.1) is 0 Å². The van der Waals surface area contributed by atoms with Crippen LogP contribution in [0.1, 0.15) is 68.6 Å². The van der Waals surface area contributed by atoms with Crippen LogP contribution in [-0.2, 0) is 6.42 Å². The first kappa shape index (κ1) is 18.1. The second kappa shape index (κ2) is 8.59. The Kier molecular flexibility index (Phi) is 6.21. The molecular weight excluding hydrogens is 310 g/mol. The maximum atomic E-state index is 6.51. The number of nitrogens with two attached hydrogens (primary N) is 1. The molecule has 0 spiro atoms. The number of fused-ring (bicyclic) bond motifs is 1. The third kappa shape index (κ3) is 4.47. The summed E-state index contributed by atoms with van der Waals surface area (Å²) in [5.41, 5.74) is 9.15. The molecule has 1 aliphatic rings. The molecule has 3 rings (SSSR count). The molecule has 0 aromatic carbocycles. The fourth-order valence-corrected chi connectivity index (χ4v) is 4.07. The Labute approximate surface area is 150 Å². The van der Waals surface area contributed by atoms with E-state index in [1.807, 2.05) is 24.7 Å². The molecule has 0 saturated carbocycles. The van der Waals surface area contributed by atoms with Crippen molar-refractivity contribution in [1.82, 2.24) is 20.3 Å². The second-order valence-electron chi connectivity index (χ2n) is 7.50. The van der Waals surface area contributed by atoms with Crippen molar-refractivity contribution in [1.29, 1.82) is 0 Å². The molecule has 5 heteroatoms. The van der Waals surface area contributed by atoms with Gasteiger partial charge in [0.15, 0.2) is 0 Å². The SMILES string of the molecule is CC(C)C(c1ncc[nH]1)C(N)CCCNC1CCCc2cccnc21. The van der Waals surface area contributed by atoms with Crippen LogP contribution in [0.25, 0.3) is 0 Å². The van der Waals surface area contributed by atoms with Crippen molar-refractivity contribution in [3.63, 3.8) is 0 Å². The van der Waals surface area contributed by atoms with Crippen molar-refractivity contribution < 1.29 is 0 Å². The average molecular weight is 342 g/mol. The predicted octanol–water partition coefficient (Wildman–Crippen LogP) is 3.32. The maximum Gasteiger partial charge on any atom is 0.110 e. The molecule has 5 nitrogen and oxygen atoms in total. The lowest BCUT2D eigenvalue weighted by Gasteiger charge is -2.27. The van der Waals surface area contributed by atoms with E-state index in [9.17, 15) is 0 Å². The van der Waals surface area contributed by atoms with Crippen LogP contribution < -0.4 is 11.1 Å². The topological polar surface area (TPSA) is 79.6 Å². The number of H-pyrrole nitrogens is 1. The monoisotopic (exact) mass is 341 g/mol. The highest BCUT2D eigenvalue weighted by Crippen LogP contribution is 2.28. The van der Waals surface area contributed by atoms with Crippen LogP contribution in [-0.4, -0.2) is 27.5 Å². The van der Waals surface area contributed by atoms with Gasteiger partial charge in [-0.1, -0.05) is 19.9 Å². The summed E-state index contributed by atoms with van der Waals surface area (Å²) >= 11 is 0. The second-order valence-corrected chi connectivity index (χ2v) is 7.50. The van der Waals surface area contributed by atoms with Gasteiger partial charge in [-0.3, -0.25) is 4.98 Å². The number of hydrogen-bond acceptors (Lipinski definition) is 4. The van der Waals surface area contributed by atoms with Crippen LogP contribution >= 0.6 is 0 Å². The number of nitrogens with one attached hydrogen (secondary N) is 2. The molecule has 2 heterocycles. The third-order valence-corrected chi connectivity index (χ3v) is 5.31. The Balaban J connectivity index is 1.48. The van der Waals surface area contributed by atoms with Crippen LogP contribution in [0.15, 0.2) is 30.7 Å². The first-order valence-electron chi connectivity index (χ1n) is 9.59. The van der Waals surface area contributed by atoms with E-state index < -0.39 is 0 Å². The lowest BCUT2D eigenvalue weighted by Crippen LogP contribution is -2.34. The molecule has 0 amide bonds. The van der Waals surface area contributed by atoms with E-state index in [4.69, 9.17) is 5.73 Å². The van der Waals surface area contributed by atoms with Crippen molar-refractivity contribution in [2.24, 2.45) is 11.7 Å². The molecule has 136 valence electrons. The molecule has 4 N–H and O–H groups in total. The van der Waals surface area contributed by atoms with Crippen molar-refractivity contribution >= 4 is 0 Å². The Morgan fingerprint density at radius 1 is 1.32 bits per heavy atom. The zero-order valence-electron chi connectivity index (χ0n) is 15.4. The summed E-state index contributed by atoms with van der Waals surface area (Å²) in [6.07, 6.45) is 11.2. The van der Waals surface area contributed by atoms with Crippen molar-refractivity contribution in [3.05, 3.63) is 47.8 Å². The molecule has 3 atom stereocenters. The molecule has 3 unspecified atom stereocenters. The van der Waals surface area contributed by atoms with Crippen LogP contribution in [0.2, 0.25) is 0 Å². The minimum atomic E-state index is 0.129. The van der Waals surface area contributed by atoms with E-state index in [-0.39, 0.29) is 12.0 Å². The fraction of sp³-hybridized carbons (Fsp3) is 0.600. The van der Waals surface area contributed by atoms with Gasteiger partial charge < -0.3 is 16.0 Å². The lowest BCUT2D eigenvalue weighted by molar-refractivity contribution is 0.369. The highest BCUT2D eigenvalue weighted by molar-refractivity contribution is 5.25. The van der Waals surface area contributed by atoms with Gasteiger partial charge in [0.25, 0.3) is 0 Å². The molecule has 0 bridgehead atoms. The summed E-state index contributed by atoms with van der Waals surface area (Å²) in [7, 11) is 0. The van der Waals surface area contributed by atoms with Gasteiger partial charge in [0, 0.05) is 36.6 Å². The van der Waals surface area contributed by atoms with E-state index >= 15 is 0 Å². The van der Waals surface area contributed by atoms with Crippen LogP contribution in [0.3, 0.4) is 0 Å². The Bertz CT molecular complexity index is 637. The number of rotatable bonds is 8. The van der Waals surface area contributed by atoms with Crippen LogP contribution in [0.4, 0.5) is 0 Å². The van der Waals surface area contributed by atoms with Gasteiger partial charge in [0.05, 0.1) is 5.69 Å². The molecule has 2 aromatic rings. The van der Waals surface area contributed by atoms with Gasteiger partial charge in [-0.2, -0.15) is 0 Å². The summed E-state index contributed by atoms with van der Waals surface area (Å²) in [6, 6.07) is 4.78. The van der Waals surface area contributed by atoms with Crippen LogP contribution in [0.5, 0.6) is 0 Å². The van der Waals surface area contributed by atoms with Gasteiger partial charge >= 0.3 is 0 Å². The number of hydrogen-bond donors (Lipinski definition) is 3. The summed E-state index contributed by atoms with van der Waals surface area (Å²) in [5, 5.41) is 3.69. The molecule has 0 aliphatic heterocycles. The van der Waals surface area contributed by atoms with Crippen molar-refractivity contribution in [2.75, 3.05) is 6.54 Å². The maximum absolute atomic E-state index is 6.51. The summed E-state index contributed by atoms with van der Waals surface area (Å²) in [6.45, 7) is 5.42. The van der Waals surface area contributed by atoms with Gasteiger partial charge in [0.1, 0.15) is 5.82 Å². The number of aromatic nitrogens is 3. The van der Waals surface area contributed by atoms with E-state index in [0.29, 0.717) is 12.0 Å². The number of aryl methyl sites for hydroxylation is 1. The highest BCUT2D eigenvalue weighted by atomic mass is 14.9. The summed E-state index contributed by atoms with van der Waals surface area (Å²) < 4.78 is 0. The predicted molar refractivity (Wildman–Crippen MR) is 101 cm³/mol. The van der Waals surface area contributed by atoms with Gasteiger partial charge in [-0.05, 0) is 56.2 Å². The van der Waals surface area contributed by atoms with Crippen molar-refractivity contribution in [3.8, 4) is 0 Å². The Morgan fingerprint density at radius 3 is 2.96 bits per heavy atom. The zero-order chi connectivity index (χ0) is 17.6. The fourth-order valence-electron chi connectivity index (χ4n) is 4.07. The van der Waals surface area contributed by atoms with E-state index in [2.05, 4.69) is 40.2 Å². The number of pyridine rings is 1. The standard InChI is InChI=1S/C20H31N5/c1-14(2)18(20-24-12-13-25-20)16(21)8-5-10-22-17-9-3-6-15-7-4-11-23-19(15)17/h4,7,11-14,16-18,22H,3,5-6,8-10,21H2,1-2H3,(H,24,25). The molecule has 0 radical (unpaired) electrons. The minimum absolute atomic E-state index is 0.129. The number of nitrogens with zero attached hydrogens (tertiary/aromatic N) is 2. The summed E-state index contributed by atoms with van der Waals surface area (Å²) in [4.78, 5) is 12.3. The molecule has 0 saturated heterocycles. The van der Waals surface area contributed by atoms with E-state index in [0.717, 1.165) is 31.6 Å². The van der Waals surface area contributed by atoms with Crippen molar-refractivity contribution in [2.45, 2.75) is 64.0 Å². The number of imidazole rings is 1. The normalized spacial score (nSPS) is 19.6. The molecule has 0 fully saturated rings.